The second-order valence-electron chi connectivity index (χ2n) is 7.40. The second-order valence-corrected chi connectivity index (χ2v) is 7.40. The first-order valence-electron chi connectivity index (χ1n) is 9.35. The van der Waals surface area contributed by atoms with Gasteiger partial charge in [-0.15, -0.1) is 0 Å². The molecule has 2 saturated heterocycles. The molecule has 2 aliphatic heterocycles. The fourth-order valence-corrected chi connectivity index (χ4v) is 4.11. The first-order valence-corrected chi connectivity index (χ1v) is 9.35. The molecule has 1 N–H and O–H groups in total. The Kier molecular flexibility index (Phi) is 5.77. The van der Waals surface area contributed by atoms with Gasteiger partial charge in [-0.2, -0.15) is 0 Å². The van der Waals surface area contributed by atoms with E-state index in [-0.39, 0.29) is 30.0 Å². The van der Waals surface area contributed by atoms with E-state index in [1.807, 2.05) is 0 Å². The van der Waals surface area contributed by atoms with Gasteiger partial charge in [0.2, 0.25) is 11.8 Å². The van der Waals surface area contributed by atoms with Crippen LogP contribution in [0.4, 0.5) is 4.39 Å². The Bertz CT molecular complexity index is 721. The summed E-state index contributed by atoms with van der Waals surface area (Å²) in [5.74, 6) is -0.807. The zero-order valence-electron chi connectivity index (χ0n) is 15.5. The van der Waals surface area contributed by atoms with E-state index >= 15 is 0 Å². The number of halogens is 1. The van der Waals surface area contributed by atoms with Crippen molar-refractivity contribution in [2.45, 2.75) is 56.5 Å². The van der Waals surface area contributed by atoms with Crippen LogP contribution >= 0.6 is 0 Å². The summed E-state index contributed by atoms with van der Waals surface area (Å²) >= 11 is 0. The fraction of sp³-hybridized carbons (Fsp3) is 0.550. The molecule has 27 heavy (non-hydrogen) atoms. The van der Waals surface area contributed by atoms with E-state index in [0.29, 0.717) is 38.6 Å². The van der Waals surface area contributed by atoms with Crippen LogP contribution in [-0.4, -0.2) is 47.9 Å². The number of benzene rings is 1. The number of carbonyl (C=O) groups is 3. The summed E-state index contributed by atoms with van der Waals surface area (Å²) in [7, 11) is 1.33. The maximum atomic E-state index is 13.2. The highest BCUT2D eigenvalue weighted by Gasteiger charge is 2.40. The minimum Gasteiger partial charge on any atom is -0.467 e. The number of carbonyl (C=O) groups excluding carboxylic acids is 3. The van der Waals surface area contributed by atoms with Gasteiger partial charge in [0, 0.05) is 24.9 Å². The van der Waals surface area contributed by atoms with Crippen molar-refractivity contribution in [1.29, 1.82) is 0 Å². The monoisotopic (exact) mass is 376 g/mol. The molecule has 0 radical (unpaired) electrons. The summed E-state index contributed by atoms with van der Waals surface area (Å²) in [6.07, 6.45) is 3.74. The van der Waals surface area contributed by atoms with Gasteiger partial charge in [0.05, 0.1) is 7.11 Å². The molecule has 2 atom stereocenters. The molecular formula is C20H25FN2O4. The molecule has 1 unspecified atom stereocenters. The Morgan fingerprint density at radius 1 is 1.33 bits per heavy atom. The van der Waals surface area contributed by atoms with Gasteiger partial charge in [0.1, 0.15) is 11.9 Å². The van der Waals surface area contributed by atoms with Crippen LogP contribution in [0.25, 0.3) is 0 Å². The van der Waals surface area contributed by atoms with Crippen LogP contribution in [0.2, 0.25) is 0 Å². The quantitative estimate of drug-likeness (QED) is 0.770. The van der Waals surface area contributed by atoms with E-state index in [0.717, 1.165) is 12.0 Å². The number of amides is 2. The Hall–Kier alpha value is -2.44. The number of rotatable bonds is 6. The van der Waals surface area contributed by atoms with Crippen LogP contribution in [-0.2, 0) is 25.5 Å². The first kappa shape index (κ1) is 19.3. The smallest absolute Gasteiger partial charge is 0.328 e. The lowest BCUT2D eigenvalue weighted by Gasteiger charge is -2.31. The van der Waals surface area contributed by atoms with E-state index in [9.17, 15) is 18.8 Å². The molecule has 0 aliphatic carbocycles. The molecule has 0 saturated carbocycles. The molecule has 0 spiro atoms. The summed E-state index contributed by atoms with van der Waals surface area (Å²) in [5, 5.41) is 3.03. The molecule has 0 aromatic heterocycles. The molecule has 146 valence electrons. The zero-order chi connectivity index (χ0) is 19.4. The minimum absolute atomic E-state index is 0.0295. The van der Waals surface area contributed by atoms with Crippen LogP contribution in [0, 0.1) is 5.82 Å². The normalized spacial score (nSPS) is 24.7. The zero-order valence-corrected chi connectivity index (χ0v) is 15.5. The van der Waals surface area contributed by atoms with E-state index in [4.69, 9.17) is 4.74 Å². The third kappa shape index (κ3) is 4.46. The third-order valence-corrected chi connectivity index (χ3v) is 5.55. The number of nitrogens with one attached hydrogen (secondary N) is 1. The number of nitrogens with zero attached hydrogens (tertiary/aromatic N) is 1. The number of esters is 1. The molecule has 6 nitrogen and oxygen atoms in total. The van der Waals surface area contributed by atoms with Gasteiger partial charge in [-0.25, -0.2) is 9.18 Å². The average molecular weight is 376 g/mol. The van der Waals surface area contributed by atoms with Gasteiger partial charge < -0.3 is 15.0 Å². The van der Waals surface area contributed by atoms with Crippen LogP contribution in [0.1, 0.15) is 44.1 Å². The molecule has 2 aliphatic rings. The molecule has 2 amide bonds. The number of hydrogen-bond donors (Lipinski definition) is 1. The van der Waals surface area contributed by atoms with E-state index < -0.39 is 11.6 Å². The summed E-state index contributed by atoms with van der Waals surface area (Å²) in [6.45, 7) is 0.552. The van der Waals surface area contributed by atoms with Crippen molar-refractivity contribution < 1.29 is 23.5 Å². The van der Waals surface area contributed by atoms with Gasteiger partial charge in [-0.3, -0.25) is 9.59 Å². The Balaban J connectivity index is 1.66. The van der Waals surface area contributed by atoms with Crippen molar-refractivity contribution in [2.24, 2.45) is 0 Å². The highest BCUT2D eigenvalue weighted by Crippen LogP contribution is 2.31. The summed E-state index contributed by atoms with van der Waals surface area (Å²) in [4.78, 5) is 38.0. The fourth-order valence-electron chi connectivity index (χ4n) is 4.11. The van der Waals surface area contributed by atoms with Crippen molar-refractivity contribution in [2.75, 3.05) is 13.7 Å². The van der Waals surface area contributed by atoms with Crippen LogP contribution in [0.3, 0.4) is 0 Å². The van der Waals surface area contributed by atoms with Crippen molar-refractivity contribution >= 4 is 17.8 Å². The number of hydrogen-bond acceptors (Lipinski definition) is 4. The first-order chi connectivity index (χ1) is 12.9. The lowest BCUT2D eigenvalue weighted by atomic mass is 9.85. The van der Waals surface area contributed by atoms with Gasteiger partial charge in [0.25, 0.3) is 0 Å². The maximum absolute atomic E-state index is 13.2. The molecule has 1 aromatic carbocycles. The molecule has 7 heteroatoms. The topological polar surface area (TPSA) is 75.7 Å². The Morgan fingerprint density at radius 2 is 2.07 bits per heavy atom. The van der Waals surface area contributed by atoms with Crippen molar-refractivity contribution in [3.8, 4) is 0 Å². The number of methoxy groups -OCH3 is 1. The standard InChI is InChI=1S/C20H25FN2O4/c1-27-19(26)16-3-2-12-23(16)18(25)9-11-20(10-8-17(24)22-20)13-14-4-6-15(21)7-5-14/h4-7,16H,2-3,8-13H2,1H3,(H,22,24)/t16-,20?/m0/s1. The van der Waals surface area contributed by atoms with Crippen molar-refractivity contribution in [3.63, 3.8) is 0 Å². The summed E-state index contributed by atoms with van der Waals surface area (Å²) in [6, 6.07) is 5.70. The Labute approximate surface area is 158 Å². The highest BCUT2D eigenvalue weighted by molar-refractivity contribution is 5.85. The average Bonchev–Trinajstić information content (AvgIpc) is 3.29. The maximum Gasteiger partial charge on any atom is 0.328 e. The van der Waals surface area contributed by atoms with Crippen LogP contribution < -0.4 is 5.32 Å². The molecule has 3 rings (SSSR count). The predicted molar refractivity (Wildman–Crippen MR) is 96.2 cm³/mol. The summed E-state index contributed by atoms with van der Waals surface area (Å²) in [5.41, 5.74) is 0.407. The van der Waals surface area contributed by atoms with Gasteiger partial charge >= 0.3 is 5.97 Å². The van der Waals surface area contributed by atoms with Crippen LogP contribution in [0.5, 0.6) is 0 Å². The van der Waals surface area contributed by atoms with Crippen molar-refractivity contribution in [3.05, 3.63) is 35.6 Å². The molecule has 2 fully saturated rings. The highest BCUT2D eigenvalue weighted by atomic mass is 19.1. The number of likely N-dealkylation sites (tertiary alicyclic amines) is 1. The summed E-state index contributed by atoms with van der Waals surface area (Å²) < 4.78 is 18.0. The lowest BCUT2D eigenvalue weighted by molar-refractivity contribution is -0.151. The second kappa shape index (κ2) is 8.06. The largest absolute Gasteiger partial charge is 0.467 e. The van der Waals surface area contributed by atoms with E-state index in [1.165, 1.54) is 19.2 Å². The third-order valence-electron chi connectivity index (χ3n) is 5.55. The molecular weight excluding hydrogens is 351 g/mol. The van der Waals surface area contributed by atoms with Gasteiger partial charge in [-0.05, 0) is 49.8 Å². The van der Waals surface area contributed by atoms with E-state index in [1.54, 1.807) is 17.0 Å². The predicted octanol–water partition coefficient (Wildman–Crippen LogP) is 1.96. The lowest BCUT2D eigenvalue weighted by Crippen LogP contribution is -2.46. The minimum atomic E-state index is -0.509. The van der Waals surface area contributed by atoms with Crippen molar-refractivity contribution in [1.82, 2.24) is 10.2 Å². The molecule has 0 bridgehead atoms. The molecule has 1 aromatic rings. The van der Waals surface area contributed by atoms with Crippen LogP contribution in [0.15, 0.2) is 24.3 Å². The SMILES string of the molecule is COC(=O)[C@@H]1CCCN1C(=O)CCC1(Cc2ccc(F)cc2)CCC(=O)N1. The van der Waals surface area contributed by atoms with E-state index in [2.05, 4.69) is 5.32 Å². The Morgan fingerprint density at radius 3 is 2.70 bits per heavy atom. The van der Waals surface area contributed by atoms with Gasteiger partial charge in [-0.1, -0.05) is 12.1 Å². The van der Waals surface area contributed by atoms with Gasteiger partial charge in [0.15, 0.2) is 0 Å². The number of ether oxygens (including phenoxy) is 1. The molecule has 2 heterocycles.